The fourth-order valence-electron chi connectivity index (χ4n) is 1.85. The number of fused-ring (bicyclic) bond motifs is 3. The highest BCUT2D eigenvalue weighted by Crippen LogP contribution is 2.35. The van der Waals surface area contributed by atoms with Crippen molar-refractivity contribution in [2.75, 3.05) is 16.8 Å². The third-order valence-electron chi connectivity index (χ3n) is 2.64. The molecular formula is C9H9N3O. The number of hydrogen-bond acceptors (Lipinski definition) is 3. The van der Waals surface area contributed by atoms with Crippen LogP contribution in [0.3, 0.4) is 0 Å². The van der Waals surface area contributed by atoms with E-state index in [0.29, 0.717) is 0 Å². The van der Waals surface area contributed by atoms with Gasteiger partial charge in [-0.05, 0) is 18.6 Å². The Hall–Kier alpha value is -1.58. The van der Waals surface area contributed by atoms with Crippen molar-refractivity contribution in [3.63, 3.8) is 0 Å². The van der Waals surface area contributed by atoms with Crippen LogP contribution in [0.25, 0.3) is 0 Å². The van der Waals surface area contributed by atoms with Crippen LogP contribution in [-0.4, -0.2) is 23.5 Å². The Morgan fingerprint density at radius 2 is 2.54 bits per heavy atom. The molecule has 1 aromatic heterocycles. The first kappa shape index (κ1) is 6.88. The van der Waals surface area contributed by atoms with Crippen LogP contribution in [0.1, 0.15) is 6.42 Å². The van der Waals surface area contributed by atoms with Crippen molar-refractivity contribution >= 4 is 17.4 Å². The summed E-state index contributed by atoms with van der Waals surface area (Å²) in [5, 5.41) is 2.85. The molecule has 0 aromatic carbocycles. The standard InChI is InChI=1S/C9H9N3O/c13-9-7-3-5-12(7)8-6(11-9)2-1-4-10-8/h1-2,4,7H,3,5H2,(H,11,13). The molecule has 0 bridgehead atoms. The molecule has 2 aliphatic rings. The lowest BCUT2D eigenvalue weighted by atomic mass is 9.99. The van der Waals surface area contributed by atoms with Crippen LogP contribution < -0.4 is 10.2 Å². The molecule has 1 unspecified atom stereocenters. The van der Waals surface area contributed by atoms with Crippen molar-refractivity contribution in [1.82, 2.24) is 4.98 Å². The molecule has 3 rings (SSSR count). The lowest BCUT2D eigenvalue weighted by Crippen LogP contribution is -2.57. The summed E-state index contributed by atoms with van der Waals surface area (Å²) < 4.78 is 0. The summed E-state index contributed by atoms with van der Waals surface area (Å²) >= 11 is 0. The second-order valence-corrected chi connectivity index (χ2v) is 3.36. The number of anilines is 2. The van der Waals surface area contributed by atoms with E-state index in [-0.39, 0.29) is 11.9 Å². The van der Waals surface area contributed by atoms with E-state index in [0.717, 1.165) is 24.5 Å². The Morgan fingerprint density at radius 3 is 3.31 bits per heavy atom. The van der Waals surface area contributed by atoms with E-state index in [9.17, 15) is 4.79 Å². The van der Waals surface area contributed by atoms with Crippen molar-refractivity contribution in [1.29, 1.82) is 0 Å². The minimum Gasteiger partial charge on any atom is -0.343 e. The minimum atomic E-state index is 0.0300. The first-order valence-corrected chi connectivity index (χ1v) is 4.39. The second-order valence-electron chi connectivity index (χ2n) is 3.36. The van der Waals surface area contributed by atoms with Crippen LogP contribution in [-0.2, 0) is 4.79 Å². The van der Waals surface area contributed by atoms with Gasteiger partial charge in [-0.15, -0.1) is 0 Å². The highest BCUT2D eigenvalue weighted by Gasteiger charge is 2.39. The van der Waals surface area contributed by atoms with E-state index in [1.54, 1.807) is 6.20 Å². The van der Waals surface area contributed by atoms with Gasteiger partial charge in [0.05, 0.1) is 5.69 Å². The predicted octanol–water partition coefficient (Wildman–Crippen LogP) is 0.612. The van der Waals surface area contributed by atoms with Crippen molar-refractivity contribution in [3.8, 4) is 0 Å². The van der Waals surface area contributed by atoms with Gasteiger partial charge in [-0.1, -0.05) is 0 Å². The average Bonchev–Trinajstić information content (AvgIpc) is 2.04. The molecule has 1 N–H and O–H groups in total. The number of rotatable bonds is 0. The van der Waals surface area contributed by atoms with Crippen molar-refractivity contribution in [2.24, 2.45) is 0 Å². The molecule has 2 aliphatic heterocycles. The average molecular weight is 175 g/mol. The van der Waals surface area contributed by atoms with Gasteiger partial charge >= 0.3 is 0 Å². The van der Waals surface area contributed by atoms with Crippen LogP contribution in [0, 0.1) is 0 Å². The summed E-state index contributed by atoms with van der Waals surface area (Å²) in [7, 11) is 0. The lowest BCUT2D eigenvalue weighted by Gasteiger charge is -2.44. The van der Waals surface area contributed by atoms with Gasteiger partial charge in [0.15, 0.2) is 5.82 Å². The normalized spacial score (nSPS) is 24.2. The number of carbonyl (C=O) groups is 1. The Bertz CT molecular complexity index is 377. The van der Waals surface area contributed by atoms with Crippen molar-refractivity contribution in [3.05, 3.63) is 18.3 Å². The number of aromatic nitrogens is 1. The summed E-state index contributed by atoms with van der Waals surface area (Å²) in [5.41, 5.74) is 0.837. The van der Waals surface area contributed by atoms with E-state index in [4.69, 9.17) is 0 Å². The Kier molecular flexibility index (Phi) is 1.17. The maximum Gasteiger partial charge on any atom is 0.247 e. The molecule has 0 radical (unpaired) electrons. The fraction of sp³-hybridized carbons (Fsp3) is 0.333. The molecule has 4 heteroatoms. The van der Waals surface area contributed by atoms with Crippen LogP contribution in [0.4, 0.5) is 11.5 Å². The highest BCUT2D eigenvalue weighted by atomic mass is 16.2. The third kappa shape index (κ3) is 0.798. The zero-order chi connectivity index (χ0) is 8.84. The highest BCUT2D eigenvalue weighted by molar-refractivity contribution is 6.03. The maximum absolute atomic E-state index is 11.4. The molecule has 3 heterocycles. The monoisotopic (exact) mass is 175 g/mol. The molecule has 1 fully saturated rings. The van der Waals surface area contributed by atoms with Gasteiger partial charge in [-0.3, -0.25) is 4.79 Å². The number of nitrogens with one attached hydrogen (secondary N) is 1. The molecule has 0 saturated carbocycles. The molecule has 1 atom stereocenters. The number of carbonyl (C=O) groups excluding carboxylic acids is 1. The van der Waals surface area contributed by atoms with Crippen molar-refractivity contribution in [2.45, 2.75) is 12.5 Å². The number of amides is 1. The first-order chi connectivity index (χ1) is 6.36. The van der Waals surface area contributed by atoms with E-state index >= 15 is 0 Å². The SMILES string of the molecule is O=C1Nc2cccnc2N2CCC12. The lowest BCUT2D eigenvalue weighted by molar-refractivity contribution is -0.118. The molecule has 66 valence electrons. The van der Waals surface area contributed by atoms with Gasteiger partial charge in [-0.25, -0.2) is 4.98 Å². The van der Waals surface area contributed by atoms with Crippen LogP contribution in [0.2, 0.25) is 0 Å². The molecule has 13 heavy (non-hydrogen) atoms. The Morgan fingerprint density at radius 1 is 1.62 bits per heavy atom. The van der Waals surface area contributed by atoms with Crippen molar-refractivity contribution < 1.29 is 4.79 Å². The second kappa shape index (κ2) is 2.22. The maximum atomic E-state index is 11.4. The first-order valence-electron chi connectivity index (χ1n) is 4.39. The minimum absolute atomic E-state index is 0.0300. The molecular weight excluding hydrogens is 166 g/mol. The summed E-state index contributed by atoms with van der Waals surface area (Å²) in [5.74, 6) is 1.02. The predicted molar refractivity (Wildman–Crippen MR) is 48.6 cm³/mol. The number of pyridine rings is 1. The van der Waals surface area contributed by atoms with Crippen LogP contribution in [0.15, 0.2) is 18.3 Å². The van der Waals surface area contributed by atoms with Gasteiger partial charge in [0.1, 0.15) is 6.04 Å². The number of nitrogens with zero attached hydrogens (tertiary/aromatic N) is 2. The zero-order valence-electron chi connectivity index (χ0n) is 7.03. The van der Waals surface area contributed by atoms with Gasteiger partial charge < -0.3 is 10.2 Å². The molecule has 1 amide bonds. The largest absolute Gasteiger partial charge is 0.343 e. The summed E-state index contributed by atoms with van der Waals surface area (Å²) in [4.78, 5) is 17.7. The third-order valence-corrected chi connectivity index (χ3v) is 2.64. The topological polar surface area (TPSA) is 45.2 Å². The smallest absolute Gasteiger partial charge is 0.247 e. The zero-order valence-corrected chi connectivity index (χ0v) is 7.03. The fourth-order valence-corrected chi connectivity index (χ4v) is 1.85. The van der Waals surface area contributed by atoms with E-state index in [2.05, 4.69) is 10.3 Å². The molecule has 1 aromatic rings. The van der Waals surface area contributed by atoms with Gasteiger partial charge in [-0.2, -0.15) is 0 Å². The molecule has 1 saturated heterocycles. The summed E-state index contributed by atoms with van der Waals surface area (Å²) in [6.07, 6.45) is 2.70. The number of hydrogen-bond donors (Lipinski definition) is 1. The van der Waals surface area contributed by atoms with Gasteiger partial charge in [0.25, 0.3) is 0 Å². The molecule has 0 aliphatic carbocycles. The summed E-state index contributed by atoms with van der Waals surface area (Å²) in [6.45, 7) is 0.947. The van der Waals surface area contributed by atoms with Crippen LogP contribution >= 0.6 is 0 Å². The Labute approximate surface area is 75.6 Å². The van der Waals surface area contributed by atoms with Gasteiger partial charge in [0, 0.05) is 12.7 Å². The summed E-state index contributed by atoms with van der Waals surface area (Å²) in [6, 6.07) is 3.75. The molecule has 4 nitrogen and oxygen atoms in total. The van der Waals surface area contributed by atoms with E-state index in [1.165, 1.54) is 0 Å². The van der Waals surface area contributed by atoms with E-state index in [1.807, 2.05) is 17.0 Å². The van der Waals surface area contributed by atoms with E-state index < -0.39 is 0 Å². The Balaban J connectivity index is 2.12. The van der Waals surface area contributed by atoms with Crippen LogP contribution in [0.5, 0.6) is 0 Å². The van der Waals surface area contributed by atoms with Gasteiger partial charge in [0.2, 0.25) is 5.91 Å². The molecule has 0 spiro atoms. The quantitative estimate of drug-likeness (QED) is 0.628.